The second-order valence-corrected chi connectivity index (χ2v) is 0. The second kappa shape index (κ2) is 44.1. The Balaban J connectivity index is 0. The van der Waals surface area contributed by atoms with E-state index in [1.165, 1.54) is 0 Å². The molecule has 5 heavy (non-hydrogen) atoms. The van der Waals surface area contributed by atoms with Crippen molar-refractivity contribution in [2.45, 2.75) is 0 Å². The fraction of sp³-hybridized carbons (Fsp3) is 0. The van der Waals surface area contributed by atoms with Gasteiger partial charge < -0.3 is 0 Å². The molecule has 0 saturated carbocycles. The zero-order valence-corrected chi connectivity index (χ0v) is 6.36. The van der Waals surface area contributed by atoms with Gasteiger partial charge in [0, 0.05) is 17.1 Å². The van der Waals surface area contributed by atoms with Crippen LogP contribution >= 0.6 is 49.6 Å². The minimum Gasteiger partial charge on any atom is -0.147 e. The van der Waals surface area contributed by atoms with Gasteiger partial charge in [0.1, 0.15) is 0 Å². The number of hydrogen-bond acceptors (Lipinski definition) is 0. The van der Waals surface area contributed by atoms with Crippen molar-refractivity contribution in [2.24, 2.45) is 0 Å². The van der Waals surface area contributed by atoms with E-state index in [-0.39, 0.29) is 66.7 Å². The van der Waals surface area contributed by atoms with E-state index >= 15 is 0 Å². The van der Waals surface area contributed by atoms with Crippen LogP contribution in [0, 0.1) is 0 Å². The van der Waals surface area contributed by atoms with Crippen LogP contribution < -0.4 is 0 Å². The summed E-state index contributed by atoms with van der Waals surface area (Å²) in [7, 11) is 0. The molecule has 0 heterocycles. The van der Waals surface area contributed by atoms with Crippen LogP contribution in [0.15, 0.2) is 0 Å². The molecule has 0 aliphatic rings. The molecule has 0 aliphatic heterocycles. The van der Waals surface area contributed by atoms with Gasteiger partial charge in [0.15, 0.2) is 0 Å². The van der Waals surface area contributed by atoms with Crippen LogP contribution in [0.3, 0.4) is 0 Å². The summed E-state index contributed by atoms with van der Waals surface area (Å²) < 4.78 is 0. The zero-order chi connectivity index (χ0) is 0. The molecule has 0 saturated heterocycles. The quantitative estimate of drug-likeness (QED) is 0.524. The van der Waals surface area contributed by atoms with Gasteiger partial charge >= 0.3 is 0 Å². The van der Waals surface area contributed by atoms with E-state index in [4.69, 9.17) is 0 Å². The third-order valence-corrected chi connectivity index (χ3v) is 0. The van der Waals surface area contributed by atoms with Crippen LogP contribution in [0.1, 0.15) is 0 Å². The molecule has 0 aliphatic carbocycles. The first kappa shape index (κ1) is 76.4. The molecule has 5 heteroatoms. The van der Waals surface area contributed by atoms with Gasteiger partial charge in [-0.3, -0.25) is 0 Å². The van der Waals surface area contributed by atoms with Crippen LogP contribution in [0.4, 0.5) is 0 Å². The van der Waals surface area contributed by atoms with Crippen molar-refractivity contribution in [3.63, 3.8) is 0 Å². The maximum Gasteiger partial charge on any atom is 0 e. The summed E-state index contributed by atoms with van der Waals surface area (Å²) in [5, 5.41) is 0. The van der Waals surface area contributed by atoms with Crippen molar-refractivity contribution in [1.29, 1.82) is 0 Å². The van der Waals surface area contributed by atoms with Crippen molar-refractivity contribution >= 4 is 49.6 Å². The summed E-state index contributed by atoms with van der Waals surface area (Å²) in [6, 6.07) is 0. The van der Waals surface area contributed by atoms with Crippen molar-refractivity contribution in [3.8, 4) is 0 Å². The van der Waals surface area contributed by atoms with Crippen molar-refractivity contribution in [2.75, 3.05) is 0 Å². The van der Waals surface area contributed by atoms with Crippen LogP contribution in [0.2, 0.25) is 0 Å². The van der Waals surface area contributed by atoms with Crippen molar-refractivity contribution in [3.05, 3.63) is 0 Å². The van der Waals surface area contributed by atoms with Crippen LogP contribution in [-0.4, -0.2) is 0 Å². The van der Waals surface area contributed by atoms with Gasteiger partial charge in [0.25, 0.3) is 0 Å². The third-order valence-electron chi connectivity index (χ3n) is 0. The molecule has 0 fully saturated rings. The first-order valence-electron chi connectivity index (χ1n) is 0. The van der Waals surface area contributed by atoms with Crippen LogP contribution in [-0.2, 0) is 17.1 Å². The number of rotatable bonds is 0. The summed E-state index contributed by atoms with van der Waals surface area (Å²) in [5.41, 5.74) is 0. The normalized spacial score (nSPS) is 0. The van der Waals surface area contributed by atoms with Gasteiger partial charge in [0.05, 0.1) is 0 Å². The predicted octanol–water partition coefficient (Wildman–Crippen LogP) is 1.68. The molecule has 0 unspecified atom stereocenters. The van der Waals surface area contributed by atoms with Crippen LogP contribution in [0.25, 0.3) is 0 Å². The smallest absolute Gasteiger partial charge is 0 e. The largest absolute Gasteiger partial charge is 0.147 e. The van der Waals surface area contributed by atoms with Crippen molar-refractivity contribution in [1.82, 2.24) is 0 Å². The second-order valence-electron chi connectivity index (χ2n) is 0. The van der Waals surface area contributed by atoms with E-state index in [1.54, 1.807) is 0 Å². The Morgan fingerprint density at radius 1 is 0.400 bits per heavy atom. The molecule has 0 amide bonds. The molecule has 40 valence electrons. The summed E-state index contributed by atoms with van der Waals surface area (Å²) in [5.74, 6) is 0. The van der Waals surface area contributed by atoms with Crippen molar-refractivity contribution < 1.29 is 17.1 Å². The predicted molar refractivity (Wildman–Crippen MR) is 29.0 cm³/mol. The molecular formula is H4Cl4Fe. The van der Waals surface area contributed by atoms with E-state index in [2.05, 4.69) is 0 Å². The number of hydrogen-bond donors (Lipinski definition) is 0. The molecule has 0 spiro atoms. The van der Waals surface area contributed by atoms with E-state index in [9.17, 15) is 0 Å². The maximum absolute atomic E-state index is 0. The fourth-order valence-corrected chi connectivity index (χ4v) is 0. The summed E-state index contributed by atoms with van der Waals surface area (Å²) in [6.45, 7) is 0. The Bertz CT molecular complexity index is 3.61. The Morgan fingerprint density at radius 3 is 0.400 bits per heavy atom. The number of halogens is 4. The zero-order valence-electron chi connectivity index (χ0n) is 1.99. The van der Waals surface area contributed by atoms with Gasteiger partial charge in [-0.1, -0.05) is 0 Å². The average Bonchev–Trinajstić information content (AvgIpc) is 0. The molecule has 0 bridgehead atoms. The molecule has 0 N–H and O–H groups in total. The molecule has 0 nitrogen and oxygen atoms in total. The topological polar surface area (TPSA) is 0 Å². The molecule has 0 atom stereocenters. The van der Waals surface area contributed by atoms with E-state index in [0.29, 0.717) is 0 Å². The monoisotopic (exact) mass is 200 g/mol. The Labute approximate surface area is 66.6 Å². The van der Waals surface area contributed by atoms with Gasteiger partial charge in [-0.25, -0.2) is 0 Å². The molecule has 0 aromatic carbocycles. The summed E-state index contributed by atoms with van der Waals surface area (Å²) in [6.07, 6.45) is 0. The third kappa shape index (κ3) is 27.3. The molecular weight excluding hydrogens is 198 g/mol. The molecule has 0 aromatic heterocycles. The van der Waals surface area contributed by atoms with Gasteiger partial charge in [-0.05, 0) is 0 Å². The average molecular weight is 202 g/mol. The van der Waals surface area contributed by atoms with E-state index in [1.807, 2.05) is 0 Å². The van der Waals surface area contributed by atoms with Crippen LogP contribution in [0.5, 0.6) is 0 Å². The van der Waals surface area contributed by atoms with Gasteiger partial charge in [-0.2, -0.15) is 0 Å². The van der Waals surface area contributed by atoms with Gasteiger partial charge in [-0.15, -0.1) is 49.6 Å². The maximum atomic E-state index is 0. The van der Waals surface area contributed by atoms with E-state index in [0.717, 1.165) is 0 Å². The minimum atomic E-state index is 0. The standard InChI is InChI=1S/4ClH.Fe/h4*1H;. The van der Waals surface area contributed by atoms with E-state index < -0.39 is 0 Å². The first-order valence-corrected chi connectivity index (χ1v) is 0. The first-order chi connectivity index (χ1) is 0. The summed E-state index contributed by atoms with van der Waals surface area (Å²) >= 11 is 0. The minimum absolute atomic E-state index is 0. The summed E-state index contributed by atoms with van der Waals surface area (Å²) in [4.78, 5) is 0. The molecule has 0 radical (unpaired) electrons. The Hall–Kier alpha value is 1.68. The van der Waals surface area contributed by atoms with Gasteiger partial charge in [0.2, 0.25) is 0 Å². The Kier molecular flexibility index (Phi) is 674. The molecule has 0 aromatic rings. The Morgan fingerprint density at radius 2 is 0.400 bits per heavy atom. The SMILES string of the molecule is Cl.Cl.Cl.Cl.[Fe]. The fourth-order valence-electron chi connectivity index (χ4n) is 0. The molecule has 0 rings (SSSR count).